The molecule has 0 unspecified atom stereocenters. The minimum Gasteiger partial charge on any atom is -0.358 e. The molecule has 0 radical (unpaired) electrons. The lowest BCUT2D eigenvalue weighted by molar-refractivity contribution is -0.389. The molecule has 0 saturated heterocycles. The molecule has 124 valence electrons. The summed E-state index contributed by atoms with van der Waals surface area (Å²) in [4.78, 5) is 22.0. The standard InChI is InChI=1S/C13H17ClN6O3/c1-9-4-6-16-18(9)7-3-5-15-11(21)8-19-10(2)12(14)13(17-19)20(22)23/h4,6H,3,5,7-8H2,1-2H3,(H,15,21). The first-order chi connectivity index (χ1) is 10.9. The van der Waals surface area contributed by atoms with E-state index in [0.717, 1.165) is 12.1 Å². The smallest absolute Gasteiger partial charge is 0.358 e. The van der Waals surface area contributed by atoms with Crippen molar-refractivity contribution in [2.24, 2.45) is 0 Å². The van der Waals surface area contributed by atoms with E-state index in [4.69, 9.17) is 11.6 Å². The second-order valence-corrected chi connectivity index (χ2v) is 5.41. The van der Waals surface area contributed by atoms with Gasteiger partial charge in [-0.25, -0.2) is 0 Å². The van der Waals surface area contributed by atoms with Crippen LogP contribution < -0.4 is 5.32 Å². The minimum atomic E-state index is -0.670. The number of hydrogen-bond donors (Lipinski definition) is 1. The number of nitro groups is 1. The van der Waals surface area contributed by atoms with Crippen molar-refractivity contribution < 1.29 is 9.72 Å². The number of carbonyl (C=O) groups is 1. The molecule has 23 heavy (non-hydrogen) atoms. The minimum absolute atomic E-state index is 0.0445. The molecule has 2 rings (SSSR count). The second-order valence-electron chi connectivity index (χ2n) is 5.04. The zero-order valence-electron chi connectivity index (χ0n) is 12.8. The normalized spacial score (nSPS) is 10.7. The highest BCUT2D eigenvalue weighted by Crippen LogP contribution is 2.26. The van der Waals surface area contributed by atoms with Gasteiger partial charge in [-0.1, -0.05) is 11.6 Å². The number of nitrogens with one attached hydrogen (secondary N) is 1. The maximum absolute atomic E-state index is 11.9. The Hall–Kier alpha value is -2.42. The van der Waals surface area contributed by atoms with Crippen LogP contribution >= 0.6 is 11.6 Å². The Labute approximate surface area is 137 Å². The number of hydrogen-bond acceptors (Lipinski definition) is 5. The summed E-state index contributed by atoms with van der Waals surface area (Å²) in [6, 6.07) is 1.91. The first-order valence-corrected chi connectivity index (χ1v) is 7.40. The monoisotopic (exact) mass is 340 g/mol. The van der Waals surface area contributed by atoms with Crippen LogP contribution in [0.4, 0.5) is 5.82 Å². The van der Waals surface area contributed by atoms with E-state index < -0.39 is 10.7 Å². The third kappa shape index (κ3) is 4.07. The number of nitrogens with zero attached hydrogens (tertiary/aromatic N) is 5. The van der Waals surface area contributed by atoms with Gasteiger partial charge >= 0.3 is 5.82 Å². The van der Waals surface area contributed by atoms with Gasteiger partial charge in [-0.3, -0.25) is 9.48 Å². The van der Waals surface area contributed by atoms with Crippen LogP contribution in [0.5, 0.6) is 0 Å². The lowest BCUT2D eigenvalue weighted by Gasteiger charge is -2.06. The van der Waals surface area contributed by atoms with E-state index in [2.05, 4.69) is 15.5 Å². The Morgan fingerprint density at radius 2 is 2.17 bits per heavy atom. The van der Waals surface area contributed by atoms with E-state index in [1.54, 1.807) is 13.1 Å². The summed E-state index contributed by atoms with van der Waals surface area (Å²) in [5.74, 6) is -0.717. The SMILES string of the molecule is Cc1ccnn1CCCNC(=O)Cn1nc([N+](=O)[O-])c(Cl)c1C. The Morgan fingerprint density at radius 1 is 1.43 bits per heavy atom. The highest BCUT2D eigenvalue weighted by atomic mass is 35.5. The molecule has 0 bridgehead atoms. The fraction of sp³-hybridized carbons (Fsp3) is 0.462. The third-order valence-corrected chi connectivity index (χ3v) is 3.82. The summed E-state index contributed by atoms with van der Waals surface area (Å²) in [6.07, 6.45) is 2.46. The number of halogens is 1. The van der Waals surface area contributed by atoms with Gasteiger partial charge in [-0.15, -0.1) is 0 Å². The van der Waals surface area contributed by atoms with Gasteiger partial charge in [0.05, 0.1) is 10.8 Å². The van der Waals surface area contributed by atoms with Crippen LogP contribution in [0, 0.1) is 24.0 Å². The molecule has 0 saturated carbocycles. The van der Waals surface area contributed by atoms with Gasteiger partial charge in [-0.05, 0) is 31.3 Å². The average molecular weight is 341 g/mol. The Morgan fingerprint density at radius 3 is 2.74 bits per heavy atom. The number of carbonyl (C=O) groups excluding carboxylic acids is 1. The number of aryl methyl sites for hydroxylation is 2. The zero-order valence-corrected chi connectivity index (χ0v) is 13.6. The third-order valence-electron chi connectivity index (χ3n) is 3.38. The molecule has 0 atom stereocenters. The zero-order chi connectivity index (χ0) is 17.0. The lowest BCUT2D eigenvalue weighted by Crippen LogP contribution is -2.29. The van der Waals surface area contributed by atoms with Crippen LogP contribution in [0.1, 0.15) is 17.8 Å². The van der Waals surface area contributed by atoms with Crippen molar-refractivity contribution in [2.45, 2.75) is 33.4 Å². The highest BCUT2D eigenvalue weighted by Gasteiger charge is 2.24. The van der Waals surface area contributed by atoms with Crippen LogP contribution in [0.25, 0.3) is 0 Å². The number of amides is 1. The molecule has 0 aliphatic heterocycles. The van der Waals surface area contributed by atoms with E-state index >= 15 is 0 Å². The van der Waals surface area contributed by atoms with Crippen molar-refractivity contribution in [3.8, 4) is 0 Å². The van der Waals surface area contributed by atoms with Gasteiger partial charge in [0.2, 0.25) is 5.91 Å². The van der Waals surface area contributed by atoms with Gasteiger partial charge in [0, 0.05) is 25.0 Å². The van der Waals surface area contributed by atoms with Crippen molar-refractivity contribution in [1.29, 1.82) is 0 Å². The van der Waals surface area contributed by atoms with Gasteiger partial charge in [0.1, 0.15) is 6.54 Å². The fourth-order valence-corrected chi connectivity index (χ4v) is 2.26. The molecule has 2 aromatic rings. The number of rotatable bonds is 7. The van der Waals surface area contributed by atoms with Crippen LogP contribution in [-0.2, 0) is 17.9 Å². The number of aromatic nitrogens is 4. The fourth-order valence-electron chi connectivity index (χ4n) is 2.06. The molecule has 1 N–H and O–H groups in total. The molecule has 2 heterocycles. The van der Waals surface area contributed by atoms with E-state index in [-0.39, 0.29) is 17.5 Å². The molecule has 2 aromatic heterocycles. The predicted octanol–water partition coefficient (Wildman–Crippen LogP) is 1.46. The van der Waals surface area contributed by atoms with Gasteiger partial charge in [0.15, 0.2) is 5.02 Å². The van der Waals surface area contributed by atoms with Crippen LogP contribution in [-0.4, -0.2) is 36.9 Å². The summed E-state index contributed by atoms with van der Waals surface area (Å²) >= 11 is 5.82. The molecule has 10 heteroatoms. The molecule has 0 aliphatic rings. The van der Waals surface area contributed by atoms with Crippen molar-refractivity contribution in [1.82, 2.24) is 24.9 Å². The average Bonchev–Trinajstić information content (AvgIpc) is 3.02. The highest BCUT2D eigenvalue weighted by molar-refractivity contribution is 6.33. The second kappa shape index (κ2) is 7.23. The maximum atomic E-state index is 11.9. The lowest BCUT2D eigenvalue weighted by atomic mass is 10.4. The van der Waals surface area contributed by atoms with E-state index in [1.165, 1.54) is 4.68 Å². The summed E-state index contributed by atoms with van der Waals surface area (Å²) in [5.41, 5.74) is 1.45. The molecular weight excluding hydrogens is 324 g/mol. The van der Waals surface area contributed by atoms with Gasteiger partial charge in [-0.2, -0.15) is 9.78 Å². The van der Waals surface area contributed by atoms with Crippen molar-refractivity contribution in [2.75, 3.05) is 6.54 Å². The van der Waals surface area contributed by atoms with Crippen LogP contribution in [0.15, 0.2) is 12.3 Å². The molecule has 9 nitrogen and oxygen atoms in total. The van der Waals surface area contributed by atoms with Crippen molar-refractivity contribution in [3.05, 3.63) is 38.8 Å². The Bertz CT molecular complexity index is 723. The summed E-state index contributed by atoms with van der Waals surface area (Å²) in [7, 11) is 0. The Balaban J connectivity index is 1.82. The summed E-state index contributed by atoms with van der Waals surface area (Å²) in [6.45, 7) is 4.62. The van der Waals surface area contributed by atoms with Crippen molar-refractivity contribution in [3.63, 3.8) is 0 Å². The molecule has 0 fully saturated rings. The maximum Gasteiger partial charge on any atom is 0.408 e. The van der Waals surface area contributed by atoms with Gasteiger partial charge < -0.3 is 15.4 Å². The topological polar surface area (TPSA) is 108 Å². The molecular formula is C13H17ClN6O3. The largest absolute Gasteiger partial charge is 0.408 e. The van der Waals surface area contributed by atoms with Gasteiger partial charge in [0.25, 0.3) is 0 Å². The predicted molar refractivity (Wildman–Crippen MR) is 83.2 cm³/mol. The van der Waals surface area contributed by atoms with Crippen LogP contribution in [0.3, 0.4) is 0 Å². The molecule has 0 spiro atoms. The Kier molecular flexibility index (Phi) is 5.32. The van der Waals surface area contributed by atoms with E-state index in [1.807, 2.05) is 17.7 Å². The summed E-state index contributed by atoms with van der Waals surface area (Å²) in [5, 5.41) is 21.4. The summed E-state index contributed by atoms with van der Waals surface area (Å²) < 4.78 is 3.08. The van der Waals surface area contributed by atoms with Crippen LogP contribution in [0.2, 0.25) is 5.02 Å². The first-order valence-electron chi connectivity index (χ1n) is 7.02. The molecule has 1 amide bonds. The quantitative estimate of drug-likeness (QED) is 0.466. The molecule has 0 aliphatic carbocycles. The molecule has 0 aromatic carbocycles. The van der Waals surface area contributed by atoms with E-state index in [9.17, 15) is 14.9 Å². The van der Waals surface area contributed by atoms with Crippen molar-refractivity contribution >= 4 is 23.3 Å². The van der Waals surface area contributed by atoms with E-state index in [0.29, 0.717) is 18.8 Å². The first kappa shape index (κ1) is 16.9.